The smallest absolute Gasteiger partial charge is 0.329 e. The van der Waals surface area contributed by atoms with Crippen molar-refractivity contribution in [1.82, 2.24) is 14.5 Å². The summed E-state index contributed by atoms with van der Waals surface area (Å²) in [7, 11) is 0. The van der Waals surface area contributed by atoms with Crippen molar-refractivity contribution in [3.8, 4) is 11.3 Å². The Morgan fingerprint density at radius 3 is 2.16 bits per heavy atom. The topological polar surface area (TPSA) is 41.4 Å². The van der Waals surface area contributed by atoms with Crippen LogP contribution in [0.3, 0.4) is 0 Å². The molecule has 0 bridgehead atoms. The molecule has 1 aliphatic heterocycles. The largest absolute Gasteiger partial charge is 0.368 e. The quantitative estimate of drug-likeness (QED) is 0.723. The fourth-order valence-corrected chi connectivity index (χ4v) is 3.14. The molecule has 0 N–H and O–H groups in total. The van der Waals surface area contributed by atoms with Gasteiger partial charge in [-0.05, 0) is 12.1 Å². The summed E-state index contributed by atoms with van der Waals surface area (Å²) in [4.78, 5) is 21.3. The minimum atomic E-state index is -0.0117. The predicted octanol–water partition coefficient (Wildman–Crippen LogP) is 3.34. The molecule has 5 nitrogen and oxygen atoms in total. The summed E-state index contributed by atoms with van der Waals surface area (Å²) in [6, 6.07) is 20.2. The molecule has 0 spiro atoms. The Labute approximate surface area is 147 Å². The van der Waals surface area contributed by atoms with Crippen LogP contribution in [0.1, 0.15) is 0 Å². The minimum absolute atomic E-state index is 0.0117. The van der Waals surface area contributed by atoms with Crippen molar-refractivity contribution in [3.05, 3.63) is 73.2 Å². The summed E-state index contributed by atoms with van der Waals surface area (Å²) >= 11 is 0. The van der Waals surface area contributed by atoms with E-state index in [1.165, 1.54) is 5.69 Å². The molecule has 0 radical (unpaired) electrons. The third-order valence-corrected chi connectivity index (χ3v) is 4.54. The van der Waals surface area contributed by atoms with Gasteiger partial charge in [0.25, 0.3) is 0 Å². The standard InChI is InChI=1S/C20H20N4O/c25-20(24-15-19(21-16-24)17-7-3-1-4-8-17)23-13-11-22(12-14-23)18-9-5-2-6-10-18/h1-10,15-16H,11-14H2. The van der Waals surface area contributed by atoms with Crippen molar-refractivity contribution in [1.29, 1.82) is 0 Å². The molecule has 5 heteroatoms. The van der Waals surface area contributed by atoms with Crippen molar-refractivity contribution in [2.45, 2.75) is 0 Å². The number of aromatic nitrogens is 2. The molecule has 1 aliphatic rings. The Morgan fingerprint density at radius 2 is 1.48 bits per heavy atom. The van der Waals surface area contributed by atoms with E-state index in [1.54, 1.807) is 17.1 Å². The summed E-state index contributed by atoms with van der Waals surface area (Å²) in [6.07, 6.45) is 3.41. The molecule has 0 saturated carbocycles. The number of rotatable bonds is 2. The van der Waals surface area contributed by atoms with Gasteiger partial charge in [0, 0.05) is 43.6 Å². The van der Waals surface area contributed by atoms with Crippen LogP contribution in [0.2, 0.25) is 0 Å². The van der Waals surface area contributed by atoms with Crippen molar-refractivity contribution >= 4 is 11.7 Å². The van der Waals surface area contributed by atoms with Crippen LogP contribution in [0.5, 0.6) is 0 Å². The van der Waals surface area contributed by atoms with E-state index in [2.05, 4.69) is 22.0 Å². The molecule has 126 valence electrons. The van der Waals surface area contributed by atoms with E-state index in [4.69, 9.17) is 0 Å². The first-order chi connectivity index (χ1) is 12.3. The molecule has 2 heterocycles. The Morgan fingerprint density at radius 1 is 0.840 bits per heavy atom. The van der Waals surface area contributed by atoms with Crippen LogP contribution in [0.25, 0.3) is 11.3 Å². The lowest BCUT2D eigenvalue weighted by Crippen LogP contribution is -2.49. The molecule has 0 unspecified atom stereocenters. The van der Waals surface area contributed by atoms with E-state index >= 15 is 0 Å². The molecule has 4 rings (SSSR count). The van der Waals surface area contributed by atoms with Crippen LogP contribution >= 0.6 is 0 Å². The molecular weight excluding hydrogens is 312 g/mol. The number of benzene rings is 2. The number of carbonyl (C=O) groups excluding carboxylic acids is 1. The van der Waals surface area contributed by atoms with Crippen LogP contribution in [0.4, 0.5) is 10.5 Å². The predicted molar refractivity (Wildman–Crippen MR) is 98.7 cm³/mol. The van der Waals surface area contributed by atoms with E-state index in [0.717, 1.165) is 24.3 Å². The van der Waals surface area contributed by atoms with E-state index in [1.807, 2.05) is 53.4 Å². The molecule has 3 aromatic rings. The lowest BCUT2D eigenvalue weighted by atomic mass is 10.2. The highest BCUT2D eigenvalue weighted by molar-refractivity contribution is 5.78. The van der Waals surface area contributed by atoms with Crippen molar-refractivity contribution in [2.75, 3.05) is 31.1 Å². The molecule has 2 aromatic carbocycles. The van der Waals surface area contributed by atoms with Crippen molar-refractivity contribution in [2.24, 2.45) is 0 Å². The Balaban J connectivity index is 1.42. The Kier molecular flexibility index (Phi) is 4.21. The monoisotopic (exact) mass is 332 g/mol. The van der Waals surface area contributed by atoms with Gasteiger partial charge < -0.3 is 9.80 Å². The molecule has 25 heavy (non-hydrogen) atoms. The number of imidazole rings is 1. The molecule has 0 atom stereocenters. The second-order valence-electron chi connectivity index (χ2n) is 6.12. The molecule has 0 aliphatic carbocycles. The number of hydrogen-bond donors (Lipinski definition) is 0. The average molecular weight is 332 g/mol. The maximum Gasteiger partial charge on any atom is 0.329 e. The average Bonchev–Trinajstić information content (AvgIpc) is 3.19. The Hall–Kier alpha value is -3.08. The van der Waals surface area contributed by atoms with E-state index in [9.17, 15) is 4.79 Å². The van der Waals surface area contributed by atoms with Gasteiger partial charge >= 0.3 is 6.03 Å². The molecule has 1 amide bonds. The normalized spacial score (nSPS) is 14.6. The summed E-state index contributed by atoms with van der Waals surface area (Å²) in [6.45, 7) is 3.12. The SMILES string of the molecule is O=C(N1CCN(c2ccccc2)CC1)n1cnc(-c2ccccc2)c1. The van der Waals surface area contributed by atoms with Crippen molar-refractivity contribution < 1.29 is 4.79 Å². The van der Waals surface area contributed by atoms with Crippen LogP contribution in [-0.4, -0.2) is 46.7 Å². The number of anilines is 1. The summed E-state index contributed by atoms with van der Waals surface area (Å²) in [5.41, 5.74) is 3.04. The molecular formula is C20H20N4O. The number of nitrogens with zero attached hydrogens (tertiary/aromatic N) is 4. The highest BCUT2D eigenvalue weighted by Crippen LogP contribution is 2.18. The zero-order valence-corrected chi connectivity index (χ0v) is 14.0. The first kappa shape index (κ1) is 15.4. The lowest BCUT2D eigenvalue weighted by Gasteiger charge is -2.35. The number of piperazine rings is 1. The molecule has 1 saturated heterocycles. The number of hydrogen-bond acceptors (Lipinski definition) is 3. The third-order valence-electron chi connectivity index (χ3n) is 4.54. The van der Waals surface area contributed by atoms with Gasteiger partial charge in [-0.25, -0.2) is 9.78 Å². The highest BCUT2D eigenvalue weighted by Gasteiger charge is 2.22. The number of para-hydroxylation sites is 1. The lowest BCUT2D eigenvalue weighted by molar-refractivity contribution is 0.196. The first-order valence-corrected chi connectivity index (χ1v) is 8.50. The van der Waals surface area contributed by atoms with Gasteiger partial charge in [-0.2, -0.15) is 0 Å². The van der Waals surface area contributed by atoms with Gasteiger partial charge in [0.2, 0.25) is 0 Å². The second-order valence-corrected chi connectivity index (χ2v) is 6.12. The van der Waals surface area contributed by atoms with Crippen LogP contribution < -0.4 is 4.90 Å². The fraction of sp³-hybridized carbons (Fsp3) is 0.200. The maximum absolute atomic E-state index is 12.7. The zero-order chi connectivity index (χ0) is 17.1. The zero-order valence-electron chi connectivity index (χ0n) is 14.0. The number of carbonyl (C=O) groups is 1. The maximum atomic E-state index is 12.7. The Bertz CT molecular complexity index is 836. The van der Waals surface area contributed by atoms with Crippen molar-refractivity contribution in [3.63, 3.8) is 0 Å². The van der Waals surface area contributed by atoms with Gasteiger partial charge in [-0.3, -0.25) is 4.57 Å². The van der Waals surface area contributed by atoms with E-state index < -0.39 is 0 Å². The van der Waals surface area contributed by atoms with Crippen LogP contribution in [0.15, 0.2) is 73.2 Å². The minimum Gasteiger partial charge on any atom is -0.368 e. The summed E-state index contributed by atoms with van der Waals surface area (Å²) in [5.74, 6) is 0. The highest BCUT2D eigenvalue weighted by atomic mass is 16.2. The van der Waals surface area contributed by atoms with Crippen LogP contribution in [-0.2, 0) is 0 Å². The molecule has 1 fully saturated rings. The van der Waals surface area contributed by atoms with Crippen LogP contribution in [0, 0.1) is 0 Å². The van der Waals surface area contributed by atoms with Gasteiger partial charge in [0.15, 0.2) is 0 Å². The first-order valence-electron chi connectivity index (χ1n) is 8.50. The van der Waals surface area contributed by atoms with Gasteiger partial charge in [-0.15, -0.1) is 0 Å². The number of amides is 1. The third kappa shape index (κ3) is 3.26. The molecule has 1 aromatic heterocycles. The fourth-order valence-electron chi connectivity index (χ4n) is 3.14. The summed E-state index contributed by atoms with van der Waals surface area (Å²) in [5, 5.41) is 0. The van der Waals surface area contributed by atoms with Gasteiger partial charge in [0.1, 0.15) is 6.33 Å². The van der Waals surface area contributed by atoms with Gasteiger partial charge in [0.05, 0.1) is 5.69 Å². The second kappa shape index (κ2) is 6.81. The van der Waals surface area contributed by atoms with Gasteiger partial charge in [-0.1, -0.05) is 48.5 Å². The van der Waals surface area contributed by atoms with E-state index in [0.29, 0.717) is 13.1 Å². The summed E-state index contributed by atoms with van der Waals surface area (Å²) < 4.78 is 1.58. The van der Waals surface area contributed by atoms with E-state index in [-0.39, 0.29) is 6.03 Å².